The quantitative estimate of drug-likeness (QED) is 0.389. The Hall–Kier alpha value is -1.93. The first-order valence-corrected chi connectivity index (χ1v) is 9.08. The highest BCUT2D eigenvalue weighted by Gasteiger charge is 2.35. The number of anilines is 1. The zero-order valence-corrected chi connectivity index (χ0v) is 16.7. The van der Waals surface area contributed by atoms with Gasteiger partial charge in [0.2, 0.25) is 0 Å². The number of phenols is 1. The van der Waals surface area contributed by atoms with Crippen molar-refractivity contribution in [3.63, 3.8) is 0 Å². The Bertz CT molecular complexity index is 994. The van der Waals surface area contributed by atoms with Crippen LogP contribution in [0.1, 0.15) is 5.56 Å². The third kappa shape index (κ3) is 3.61. The maximum Gasteiger partial charge on any atom is 0.270 e. The normalized spacial score (nSPS) is 16.2. The van der Waals surface area contributed by atoms with E-state index in [1.54, 1.807) is 18.2 Å². The molecule has 1 heterocycles. The summed E-state index contributed by atoms with van der Waals surface area (Å²) in [5.74, 6) is -1.41. The number of hydrogen-bond donors (Lipinski definition) is 2. The number of halogens is 3. The van der Waals surface area contributed by atoms with Crippen LogP contribution in [0.3, 0.4) is 0 Å². The second-order valence-corrected chi connectivity index (χ2v) is 7.40. The fourth-order valence-corrected chi connectivity index (χ4v) is 3.48. The van der Waals surface area contributed by atoms with E-state index in [2.05, 4.69) is 21.2 Å². The average molecular weight is 472 g/mol. The van der Waals surface area contributed by atoms with Crippen LogP contribution in [0.2, 0.25) is 10.0 Å². The van der Waals surface area contributed by atoms with Crippen LogP contribution in [0, 0.1) is 0 Å². The highest BCUT2D eigenvalue weighted by Crippen LogP contribution is 2.32. The van der Waals surface area contributed by atoms with E-state index < -0.39 is 11.8 Å². The topological polar surface area (TPSA) is 69.6 Å². The summed E-state index contributed by atoms with van der Waals surface area (Å²) in [6.45, 7) is 0. The zero-order chi connectivity index (χ0) is 19.0. The van der Waals surface area contributed by atoms with E-state index in [4.69, 9.17) is 35.4 Å². The molecule has 0 aliphatic carbocycles. The first-order valence-electron chi connectivity index (χ1n) is 7.13. The molecule has 2 amide bonds. The molecule has 0 bridgehead atoms. The molecule has 2 aromatic rings. The van der Waals surface area contributed by atoms with Crippen molar-refractivity contribution in [3.8, 4) is 5.75 Å². The monoisotopic (exact) mass is 470 g/mol. The lowest BCUT2D eigenvalue weighted by molar-refractivity contribution is -0.122. The average Bonchev–Trinajstić information content (AvgIpc) is 2.56. The van der Waals surface area contributed by atoms with E-state index in [-0.39, 0.29) is 27.1 Å². The van der Waals surface area contributed by atoms with Crippen LogP contribution in [0.4, 0.5) is 5.69 Å². The summed E-state index contributed by atoms with van der Waals surface area (Å²) < 4.78 is 0.680. The maximum atomic E-state index is 12.9. The smallest absolute Gasteiger partial charge is 0.270 e. The molecule has 1 aliphatic heterocycles. The van der Waals surface area contributed by atoms with Gasteiger partial charge in [-0.3, -0.25) is 19.8 Å². The number of hydrogen-bond acceptors (Lipinski definition) is 4. The number of aromatic hydroxyl groups is 1. The Kier molecular flexibility index (Phi) is 5.34. The van der Waals surface area contributed by atoms with Crippen LogP contribution < -0.4 is 10.2 Å². The largest absolute Gasteiger partial charge is 0.507 e. The predicted octanol–water partition coefficient (Wildman–Crippen LogP) is 4.29. The fraction of sp³-hybridized carbons (Fsp3) is 0. The number of amides is 2. The lowest BCUT2D eigenvalue weighted by Crippen LogP contribution is -2.54. The lowest BCUT2D eigenvalue weighted by atomic mass is 10.1. The van der Waals surface area contributed by atoms with Gasteiger partial charge in [0.05, 0.1) is 10.7 Å². The summed E-state index contributed by atoms with van der Waals surface area (Å²) in [6.07, 6.45) is 1.29. The molecule has 5 nitrogen and oxygen atoms in total. The second kappa shape index (κ2) is 7.36. The van der Waals surface area contributed by atoms with Gasteiger partial charge >= 0.3 is 0 Å². The highest BCUT2D eigenvalue weighted by molar-refractivity contribution is 9.10. The summed E-state index contributed by atoms with van der Waals surface area (Å²) in [5, 5.41) is 12.9. The number of nitrogens with zero attached hydrogens (tertiary/aromatic N) is 1. The van der Waals surface area contributed by atoms with Crippen LogP contribution in [0.15, 0.2) is 46.4 Å². The Labute approximate surface area is 172 Å². The van der Waals surface area contributed by atoms with Crippen LogP contribution in [-0.2, 0) is 9.59 Å². The van der Waals surface area contributed by atoms with Gasteiger partial charge in [0.25, 0.3) is 11.8 Å². The Balaban J connectivity index is 2.08. The van der Waals surface area contributed by atoms with E-state index in [0.29, 0.717) is 15.1 Å². The molecule has 0 spiro atoms. The minimum absolute atomic E-state index is 0.0782. The molecule has 0 radical (unpaired) electrons. The number of thiocarbonyl (C=S) groups is 1. The Morgan fingerprint density at radius 1 is 1.15 bits per heavy atom. The molecule has 26 heavy (non-hydrogen) atoms. The first-order chi connectivity index (χ1) is 12.3. The number of carbonyl (C=O) groups excluding carboxylic acids is 2. The van der Waals surface area contributed by atoms with Gasteiger partial charge in [-0.05, 0) is 54.7 Å². The molecule has 132 valence electrons. The second-order valence-electron chi connectivity index (χ2n) is 5.26. The van der Waals surface area contributed by atoms with E-state index in [1.165, 1.54) is 24.3 Å². The lowest BCUT2D eigenvalue weighted by Gasteiger charge is -2.29. The predicted molar refractivity (Wildman–Crippen MR) is 108 cm³/mol. The number of carbonyl (C=O) groups is 2. The maximum absolute atomic E-state index is 12.9. The standard InChI is InChI=1S/C17H9BrCl2N2O3S/c18-9-1-4-14(23)8(5-9)6-11-15(24)21-17(26)22(16(11)25)13-3-2-10(19)7-12(13)20/h1-7,23H,(H,21,24,26)/b11-6+. The molecule has 9 heteroatoms. The molecule has 1 aliphatic rings. The SMILES string of the molecule is O=C1NC(=S)N(c2ccc(Cl)cc2Cl)C(=O)/C1=C/c1cc(Br)ccc1O. The molecule has 1 saturated heterocycles. The summed E-state index contributed by atoms with van der Waals surface area (Å²) in [6, 6.07) is 9.21. The van der Waals surface area contributed by atoms with E-state index in [1.807, 2.05) is 0 Å². The molecule has 3 rings (SSSR count). The van der Waals surface area contributed by atoms with Crippen LogP contribution >= 0.6 is 51.3 Å². The minimum atomic E-state index is -0.666. The van der Waals surface area contributed by atoms with Gasteiger partial charge in [-0.2, -0.15) is 0 Å². The molecule has 1 fully saturated rings. The van der Waals surface area contributed by atoms with E-state index in [0.717, 1.165) is 4.90 Å². The third-order valence-corrected chi connectivity index (χ3v) is 4.86. The molecule has 0 unspecified atom stereocenters. The summed E-state index contributed by atoms with van der Waals surface area (Å²) >= 11 is 20.4. The zero-order valence-electron chi connectivity index (χ0n) is 12.8. The number of nitrogens with one attached hydrogen (secondary N) is 1. The van der Waals surface area contributed by atoms with Crippen molar-refractivity contribution in [1.82, 2.24) is 5.32 Å². The van der Waals surface area contributed by atoms with Crippen molar-refractivity contribution in [1.29, 1.82) is 0 Å². The summed E-state index contributed by atoms with van der Waals surface area (Å²) in [5.41, 5.74) is 0.390. The number of phenolic OH excluding ortho intramolecular Hbond substituents is 1. The Morgan fingerprint density at radius 3 is 2.58 bits per heavy atom. The highest BCUT2D eigenvalue weighted by atomic mass is 79.9. The summed E-state index contributed by atoms with van der Waals surface area (Å²) in [7, 11) is 0. The molecule has 0 atom stereocenters. The first kappa shape index (κ1) is 18.8. The third-order valence-electron chi connectivity index (χ3n) is 3.54. The molecular formula is C17H9BrCl2N2O3S. The molecule has 0 aromatic heterocycles. The van der Waals surface area contributed by atoms with Crippen molar-refractivity contribution in [2.75, 3.05) is 4.90 Å². The molecule has 0 saturated carbocycles. The van der Waals surface area contributed by atoms with Gasteiger partial charge in [-0.1, -0.05) is 39.1 Å². The van der Waals surface area contributed by atoms with Crippen molar-refractivity contribution in [2.24, 2.45) is 0 Å². The number of rotatable bonds is 2. The van der Waals surface area contributed by atoms with Gasteiger partial charge in [-0.15, -0.1) is 0 Å². The van der Waals surface area contributed by atoms with E-state index in [9.17, 15) is 14.7 Å². The van der Waals surface area contributed by atoms with E-state index >= 15 is 0 Å². The fourth-order valence-electron chi connectivity index (χ4n) is 2.34. The number of benzene rings is 2. The van der Waals surface area contributed by atoms with Crippen molar-refractivity contribution in [3.05, 3.63) is 62.1 Å². The van der Waals surface area contributed by atoms with Crippen LogP contribution in [0.25, 0.3) is 6.08 Å². The van der Waals surface area contributed by atoms with Gasteiger partial charge in [0, 0.05) is 15.1 Å². The van der Waals surface area contributed by atoms with Crippen LogP contribution in [0.5, 0.6) is 5.75 Å². The van der Waals surface area contributed by atoms with Crippen molar-refractivity contribution >= 4 is 80.0 Å². The van der Waals surface area contributed by atoms with Gasteiger partial charge < -0.3 is 5.11 Å². The van der Waals surface area contributed by atoms with Crippen molar-refractivity contribution in [2.45, 2.75) is 0 Å². The molecular weight excluding hydrogens is 463 g/mol. The molecule has 2 aromatic carbocycles. The van der Waals surface area contributed by atoms with Gasteiger partial charge in [0.1, 0.15) is 11.3 Å². The summed E-state index contributed by atoms with van der Waals surface area (Å²) in [4.78, 5) is 26.3. The van der Waals surface area contributed by atoms with Crippen LogP contribution in [-0.4, -0.2) is 22.0 Å². The van der Waals surface area contributed by atoms with Gasteiger partial charge in [-0.25, -0.2) is 0 Å². The van der Waals surface area contributed by atoms with Crippen molar-refractivity contribution < 1.29 is 14.7 Å². The Morgan fingerprint density at radius 2 is 1.88 bits per heavy atom. The molecule has 2 N–H and O–H groups in total. The van der Waals surface area contributed by atoms with Gasteiger partial charge in [0.15, 0.2) is 5.11 Å². The minimum Gasteiger partial charge on any atom is -0.507 e.